The zero-order valence-electron chi connectivity index (χ0n) is 10.3. The highest BCUT2D eigenvalue weighted by molar-refractivity contribution is 6.58. The third kappa shape index (κ3) is 2.39. The fraction of sp³-hybridized carbons (Fsp3) is 0. The van der Waals surface area contributed by atoms with Crippen LogP contribution in [0.15, 0.2) is 66.7 Å². The molecule has 3 rings (SSSR count). The lowest BCUT2D eigenvalue weighted by molar-refractivity contribution is 0.426. The molecule has 0 radical (unpaired) electrons. The van der Waals surface area contributed by atoms with Gasteiger partial charge >= 0.3 is 7.12 Å². The Hall–Kier alpha value is -2.10. The normalized spacial score (nSPS) is 10.6. The van der Waals surface area contributed by atoms with E-state index in [0.29, 0.717) is 5.46 Å². The molecule has 0 aliphatic rings. The lowest BCUT2D eigenvalue weighted by atomic mass is 9.79. The topological polar surface area (TPSA) is 40.5 Å². The van der Waals surface area contributed by atoms with Crippen molar-refractivity contribution < 1.29 is 10.0 Å². The zero-order chi connectivity index (χ0) is 13.2. The van der Waals surface area contributed by atoms with Gasteiger partial charge in [-0.15, -0.1) is 0 Å². The lowest BCUT2D eigenvalue weighted by Crippen LogP contribution is -2.29. The van der Waals surface area contributed by atoms with E-state index in [1.165, 1.54) is 0 Å². The molecule has 0 bridgehead atoms. The number of hydrogen-bond acceptors (Lipinski definition) is 2. The molecule has 19 heavy (non-hydrogen) atoms. The minimum atomic E-state index is -1.43. The van der Waals surface area contributed by atoms with Crippen LogP contribution in [0.3, 0.4) is 0 Å². The van der Waals surface area contributed by atoms with Gasteiger partial charge in [0, 0.05) is 0 Å². The van der Waals surface area contributed by atoms with E-state index >= 15 is 0 Å². The Kier molecular flexibility index (Phi) is 3.07. The molecule has 0 heterocycles. The summed E-state index contributed by atoms with van der Waals surface area (Å²) in [4.78, 5) is 0. The van der Waals surface area contributed by atoms with Gasteiger partial charge in [0.05, 0.1) is 0 Å². The van der Waals surface area contributed by atoms with Crippen molar-refractivity contribution in [2.75, 3.05) is 0 Å². The Bertz CT molecular complexity index is 708. The second-order valence-corrected chi connectivity index (χ2v) is 4.56. The third-order valence-corrected chi connectivity index (χ3v) is 3.27. The highest BCUT2D eigenvalue weighted by atomic mass is 16.4. The highest BCUT2D eigenvalue weighted by Crippen LogP contribution is 2.23. The van der Waals surface area contributed by atoms with E-state index in [1.54, 1.807) is 6.07 Å². The van der Waals surface area contributed by atoms with Crippen molar-refractivity contribution in [3.63, 3.8) is 0 Å². The van der Waals surface area contributed by atoms with Crippen molar-refractivity contribution in [2.24, 2.45) is 0 Å². The van der Waals surface area contributed by atoms with Crippen LogP contribution in [0.5, 0.6) is 0 Å². The van der Waals surface area contributed by atoms with Gasteiger partial charge < -0.3 is 10.0 Å². The van der Waals surface area contributed by atoms with Gasteiger partial charge in [-0.2, -0.15) is 0 Å². The number of rotatable bonds is 2. The van der Waals surface area contributed by atoms with E-state index in [4.69, 9.17) is 0 Å². The highest BCUT2D eigenvalue weighted by Gasteiger charge is 2.11. The van der Waals surface area contributed by atoms with Crippen LogP contribution in [0.4, 0.5) is 0 Å². The van der Waals surface area contributed by atoms with E-state index < -0.39 is 7.12 Å². The molecular weight excluding hydrogens is 235 g/mol. The van der Waals surface area contributed by atoms with Crippen molar-refractivity contribution in [3.8, 4) is 11.1 Å². The Morgan fingerprint density at radius 2 is 1.37 bits per heavy atom. The summed E-state index contributed by atoms with van der Waals surface area (Å²) in [5.41, 5.74) is 2.79. The first kappa shape index (κ1) is 12.0. The maximum absolute atomic E-state index is 9.23. The quantitative estimate of drug-likeness (QED) is 0.682. The molecule has 0 aliphatic heterocycles. The minimum absolute atomic E-state index is 0.512. The minimum Gasteiger partial charge on any atom is -0.423 e. The van der Waals surface area contributed by atoms with E-state index in [9.17, 15) is 10.0 Å². The summed E-state index contributed by atoms with van der Waals surface area (Å²) in [7, 11) is -1.43. The van der Waals surface area contributed by atoms with Gasteiger partial charge in [-0.3, -0.25) is 0 Å². The molecule has 0 atom stereocenters. The van der Waals surface area contributed by atoms with Crippen molar-refractivity contribution in [1.82, 2.24) is 0 Å². The molecular formula is C16H13BO2. The van der Waals surface area contributed by atoms with Gasteiger partial charge in [0.15, 0.2) is 0 Å². The molecule has 3 aromatic rings. The molecule has 0 saturated heterocycles. The summed E-state index contributed by atoms with van der Waals surface area (Å²) in [5.74, 6) is 0. The van der Waals surface area contributed by atoms with Gasteiger partial charge in [-0.1, -0.05) is 60.7 Å². The summed E-state index contributed by atoms with van der Waals surface area (Å²) < 4.78 is 0. The van der Waals surface area contributed by atoms with Gasteiger partial charge in [-0.25, -0.2) is 0 Å². The van der Waals surface area contributed by atoms with Crippen LogP contribution >= 0.6 is 0 Å². The van der Waals surface area contributed by atoms with E-state index in [1.807, 2.05) is 36.4 Å². The van der Waals surface area contributed by atoms with Gasteiger partial charge in [0.25, 0.3) is 0 Å². The van der Waals surface area contributed by atoms with Crippen LogP contribution < -0.4 is 5.46 Å². The second-order valence-electron chi connectivity index (χ2n) is 4.56. The van der Waals surface area contributed by atoms with Crippen molar-refractivity contribution in [2.45, 2.75) is 0 Å². The van der Waals surface area contributed by atoms with E-state index in [0.717, 1.165) is 21.9 Å². The Morgan fingerprint density at radius 3 is 2.11 bits per heavy atom. The Morgan fingerprint density at radius 1 is 0.632 bits per heavy atom. The molecule has 3 heteroatoms. The number of fused-ring (bicyclic) bond motifs is 1. The molecule has 2 N–H and O–H groups in total. The molecule has 0 spiro atoms. The van der Waals surface area contributed by atoms with Crippen LogP contribution in [0.2, 0.25) is 0 Å². The Balaban J connectivity index is 2.14. The summed E-state index contributed by atoms with van der Waals surface area (Å²) in [6.07, 6.45) is 0. The predicted octanol–water partition coefficient (Wildman–Crippen LogP) is 2.19. The Labute approximate surface area is 112 Å². The fourth-order valence-corrected chi connectivity index (χ4v) is 2.24. The molecule has 92 valence electrons. The van der Waals surface area contributed by atoms with Crippen LogP contribution in [0, 0.1) is 0 Å². The molecule has 0 amide bonds. The maximum Gasteiger partial charge on any atom is 0.488 e. The first-order valence-electron chi connectivity index (χ1n) is 6.19. The van der Waals surface area contributed by atoms with Crippen LogP contribution in [-0.4, -0.2) is 17.2 Å². The third-order valence-electron chi connectivity index (χ3n) is 3.27. The zero-order valence-corrected chi connectivity index (χ0v) is 10.3. The average Bonchev–Trinajstić information content (AvgIpc) is 2.47. The standard InChI is InChI=1S/C16H13BO2/c18-17(19)16-9-8-13-6-7-14(10-15(13)11-16)12-4-2-1-3-5-12/h1-11,18-19H. The smallest absolute Gasteiger partial charge is 0.423 e. The first-order chi connectivity index (χ1) is 9.24. The van der Waals surface area contributed by atoms with Gasteiger partial charge in [0.2, 0.25) is 0 Å². The molecule has 0 saturated carbocycles. The SMILES string of the molecule is OB(O)c1ccc2ccc(-c3ccccc3)cc2c1. The molecule has 2 nitrogen and oxygen atoms in total. The fourth-order valence-electron chi connectivity index (χ4n) is 2.24. The molecule has 0 aromatic heterocycles. The van der Waals surface area contributed by atoms with E-state index in [2.05, 4.69) is 24.3 Å². The monoisotopic (exact) mass is 248 g/mol. The first-order valence-corrected chi connectivity index (χ1v) is 6.19. The average molecular weight is 248 g/mol. The molecule has 0 aliphatic carbocycles. The van der Waals surface area contributed by atoms with Crippen LogP contribution in [0.1, 0.15) is 0 Å². The van der Waals surface area contributed by atoms with Gasteiger partial charge in [-0.05, 0) is 33.4 Å². The van der Waals surface area contributed by atoms with Crippen LogP contribution in [0.25, 0.3) is 21.9 Å². The van der Waals surface area contributed by atoms with Gasteiger partial charge in [0.1, 0.15) is 0 Å². The number of benzene rings is 3. The summed E-state index contributed by atoms with van der Waals surface area (Å²) in [6, 6.07) is 21.8. The largest absolute Gasteiger partial charge is 0.488 e. The summed E-state index contributed by atoms with van der Waals surface area (Å²) >= 11 is 0. The molecule has 0 unspecified atom stereocenters. The predicted molar refractivity (Wildman–Crippen MR) is 79.2 cm³/mol. The maximum atomic E-state index is 9.23. The van der Waals surface area contributed by atoms with Crippen molar-refractivity contribution in [3.05, 3.63) is 66.7 Å². The van der Waals surface area contributed by atoms with Crippen molar-refractivity contribution in [1.29, 1.82) is 0 Å². The van der Waals surface area contributed by atoms with Crippen molar-refractivity contribution >= 4 is 23.4 Å². The molecule has 0 fully saturated rings. The van der Waals surface area contributed by atoms with Crippen LogP contribution in [-0.2, 0) is 0 Å². The number of hydrogen-bond donors (Lipinski definition) is 2. The second kappa shape index (κ2) is 4.88. The summed E-state index contributed by atoms with van der Waals surface area (Å²) in [6.45, 7) is 0. The lowest BCUT2D eigenvalue weighted by Gasteiger charge is -2.06. The van der Waals surface area contributed by atoms with E-state index in [-0.39, 0.29) is 0 Å². The molecule has 3 aromatic carbocycles. The summed E-state index contributed by atoms with van der Waals surface area (Å²) in [5, 5.41) is 20.5.